The Labute approximate surface area is 130 Å². The van der Waals surface area contributed by atoms with Crippen LogP contribution in [0.15, 0.2) is 18.2 Å². The predicted octanol–water partition coefficient (Wildman–Crippen LogP) is 3.04. The van der Waals surface area contributed by atoms with Crippen LogP contribution in [0.4, 0.5) is 0 Å². The van der Waals surface area contributed by atoms with E-state index in [0.29, 0.717) is 23.1 Å². The second-order valence-electron chi connectivity index (χ2n) is 5.26. The van der Waals surface area contributed by atoms with Gasteiger partial charge in [-0.15, -0.1) is 0 Å². The first-order valence-corrected chi connectivity index (χ1v) is 7.82. The third-order valence-electron chi connectivity index (χ3n) is 3.38. The maximum Gasteiger partial charge on any atom is 0.233 e. The van der Waals surface area contributed by atoms with E-state index in [1.807, 2.05) is 12.1 Å². The van der Waals surface area contributed by atoms with Gasteiger partial charge < -0.3 is 10.6 Å². The molecule has 1 saturated carbocycles. The molecule has 1 aliphatic rings. The molecule has 0 atom stereocenters. The van der Waals surface area contributed by atoms with Crippen molar-refractivity contribution < 1.29 is 4.79 Å². The van der Waals surface area contributed by atoms with Gasteiger partial charge in [-0.1, -0.05) is 29.3 Å². The van der Waals surface area contributed by atoms with Crippen LogP contribution < -0.4 is 10.6 Å². The second-order valence-corrected chi connectivity index (χ2v) is 6.11. The van der Waals surface area contributed by atoms with Gasteiger partial charge in [-0.3, -0.25) is 4.79 Å². The highest BCUT2D eigenvalue weighted by atomic mass is 35.5. The summed E-state index contributed by atoms with van der Waals surface area (Å²) in [6.45, 7) is 2.05. The van der Waals surface area contributed by atoms with E-state index in [1.165, 1.54) is 12.8 Å². The molecule has 0 spiro atoms. The summed E-state index contributed by atoms with van der Waals surface area (Å²) in [6.07, 6.45) is 4.31. The van der Waals surface area contributed by atoms with Gasteiger partial charge in [0.1, 0.15) is 0 Å². The molecular weight excluding hydrogens is 295 g/mol. The van der Waals surface area contributed by atoms with Crippen molar-refractivity contribution in [2.24, 2.45) is 5.92 Å². The lowest BCUT2D eigenvalue weighted by Crippen LogP contribution is -2.35. The number of nitrogens with one attached hydrogen (secondary N) is 2. The number of hydrogen-bond acceptors (Lipinski definition) is 2. The predicted molar refractivity (Wildman–Crippen MR) is 83.4 cm³/mol. The third-order valence-corrected chi connectivity index (χ3v) is 3.96. The molecule has 0 aliphatic heterocycles. The zero-order valence-corrected chi connectivity index (χ0v) is 12.9. The van der Waals surface area contributed by atoms with E-state index in [9.17, 15) is 4.79 Å². The third kappa shape index (κ3) is 5.70. The van der Waals surface area contributed by atoms with Gasteiger partial charge in [0.25, 0.3) is 0 Å². The lowest BCUT2D eigenvalue weighted by molar-refractivity contribution is -0.120. The molecule has 0 radical (unpaired) electrons. The van der Waals surface area contributed by atoms with Crippen LogP contribution in [0.5, 0.6) is 0 Å². The smallest absolute Gasteiger partial charge is 0.233 e. The quantitative estimate of drug-likeness (QED) is 0.724. The molecule has 1 aliphatic carbocycles. The molecule has 0 bridgehead atoms. The van der Waals surface area contributed by atoms with Gasteiger partial charge >= 0.3 is 0 Å². The molecule has 3 nitrogen and oxygen atoms in total. The van der Waals surface area contributed by atoms with Crippen LogP contribution in [-0.4, -0.2) is 25.5 Å². The van der Waals surface area contributed by atoms with Crippen molar-refractivity contribution in [3.63, 3.8) is 0 Å². The molecule has 0 unspecified atom stereocenters. The first-order chi connectivity index (χ1) is 9.65. The Balaban J connectivity index is 1.56. The van der Waals surface area contributed by atoms with Crippen LogP contribution >= 0.6 is 23.2 Å². The number of aryl methyl sites for hydroxylation is 1. The van der Waals surface area contributed by atoms with Crippen molar-refractivity contribution in [2.75, 3.05) is 19.6 Å². The molecule has 20 heavy (non-hydrogen) atoms. The number of amides is 1. The maximum absolute atomic E-state index is 11.6. The Morgan fingerprint density at radius 2 is 2.10 bits per heavy atom. The Morgan fingerprint density at radius 3 is 2.80 bits per heavy atom. The SMILES string of the molecule is O=C(CNCC1CC1)NCCCc1ccc(Cl)cc1Cl. The molecule has 2 rings (SSSR count). The van der Waals surface area contributed by atoms with Crippen molar-refractivity contribution in [1.82, 2.24) is 10.6 Å². The van der Waals surface area contributed by atoms with Gasteiger partial charge in [-0.05, 0) is 55.8 Å². The Kier molecular flexibility index (Phi) is 6.14. The minimum absolute atomic E-state index is 0.0628. The lowest BCUT2D eigenvalue weighted by atomic mass is 10.1. The van der Waals surface area contributed by atoms with Crippen LogP contribution in [-0.2, 0) is 11.2 Å². The summed E-state index contributed by atoms with van der Waals surface area (Å²) >= 11 is 11.9. The van der Waals surface area contributed by atoms with Gasteiger partial charge in [0.05, 0.1) is 6.54 Å². The topological polar surface area (TPSA) is 41.1 Å². The Bertz CT molecular complexity index is 461. The highest BCUT2D eigenvalue weighted by molar-refractivity contribution is 6.35. The fraction of sp³-hybridized carbons (Fsp3) is 0.533. The lowest BCUT2D eigenvalue weighted by Gasteiger charge is -2.07. The average Bonchev–Trinajstić information content (AvgIpc) is 3.21. The summed E-state index contributed by atoms with van der Waals surface area (Å²) in [5.41, 5.74) is 1.07. The summed E-state index contributed by atoms with van der Waals surface area (Å²) in [4.78, 5) is 11.6. The van der Waals surface area contributed by atoms with E-state index < -0.39 is 0 Å². The Morgan fingerprint density at radius 1 is 1.30 bits per heavy atom. The minimum atomic E-state index is 0.0628. The van der Waals surface area contributed by atoms with E-state index in [0.717, 1.165) is 30.9 Å². The zero-order valence-electron chi connectivity index (χ0n) is 11.4. The molecule has 1 aromatic carbocycles. The summed E-state index contributed by atoms with van der Waals surface area (Å²) in [7, 11) is 0. The number of rotatable bonds is 8. The minimum Gasteiger partial charge on any atom is -0.355 e. The molecular formula is C15H20Cl2N2O. The normalized spacial score (nSPS) is 14.3. The van der Waals surface area contributed by atoms with E-state index in [1.54, 1.807) is 6.07 Å². The van der Waals surface area contributed by atoms with Gasteiger partial charge in [0, 0.05) is 16.6 Å². The zero-order chi connectivity index (χ0) is 14.4. The number of hydrogen-bond donors (Lipinski definition) is 2. The summed E-state index contributed by atoms with van der Waals surface area (Å²) < 4.78 is 0. The second kappa shape index (κ2) is 7.87. The Hall–Kier alpha value is -0.770. The standard InChI is InChI=1S/C15H20Cl2N2O/c16-13-6-5-12(14(17)8-13)2-1-7-19-15(20)10-18-9-11-3-4-11/h5-6,8,11,18H,1-4,7,9-10H2,(H,19,20). The van der Waals surface area contributed by atoms with Crippen LogP contribution in [0.25, 0.3) is 0 Å². The van der Waals surface area contributed by atoms with Gasteiger partial charge in [0.2, 0.25) is 5.91 Å². The fourth-order valence-electron chi connectivity index (χ4n) is 2.01. The fourth-order valence-corrected chi connectivity index (χ4v) is 2.51. The average molecular weight is 315 g/mol. The van der Waals surface area contributed by atoms with Crippen molar-refractivity contribution in [3.05, 3.63) is 33.8 Å². The van der Waals surface area contributed by atoms with Crippen LogP contribution in [0.3, 0.4) is 0 Å². The monoisotopic (exact) mass is 314 g/mol. The number of carbonyl (C=O) groups excluding carboxylic acids is 1. The van der Waals surface area contributed by atoms with Crippen LogP contribution in [0.2, 0.25) is 10.0 Å². The van der Waals surface area contributed by atoms with Gasteiger partial charge in [-0.2, -0.15) is 0 Å². The summed E-state index contributed by atoms with van der Waals surface area (Å²) in [6, 6.07) is 5.52. The summed E-state index contributed by atoms with van der Waals surface area (Å²) in [5, 5.41) is 7.42. The molecule has 0 aromatic heterocycles. The van der Waals surface area contributed by atoms with E-state index in [2.05, 4.69) is 10.6 Å². The first-order valence-electron chi connectivity index (χ1n) is 7.06. The molecule has 110 valence electrons. The highest BCUT2D eigenvalue weighted by Gasteiger charge is 2.20. The van der Waals surface area contributed by atoms with Crippen molar-refractivity contribution in [2.45, 2.75) is 25.7 Å². The molecule has 5 heteroatoms. The van der Waals surface area contributed by atoms with Gasteiger partial charge in [0.15, 0.2) is 0 Å². The van der Waals surface area contributed by atoms with E-state index in [-0.39, 0.29) is 5.91 Å². The van der Waals surface area contributed by atoms with Crippen LogP contribution in [0.1, 0.15) is 24.8 Å². The van der Waals surface area contributed by atoms with Gasteiger partial charge in [-0.25, -0.2) is 0 Å². The highest BCUT2D eigenvalue weighted by Crippen LogP contribution is 2.27. The maximum atomic E-state index is 11.6. The van der Waals surface area contributed by atoms with E-state index >= 15 is 0 Å². The first kappa shape index (κ1) is 15.6. The number of benzene rings is 1. The molecule has 1 fully saturated rings. The molecule has 0 saturated heterocycles. The summed E-state index contributed by atoms with van der Waals surface area (Å²) in [5.74, 6) is 0.864. The largest absolute Gasteiger partial charge is 0.355 e. The number of carbonyl (C=O) groups is 1. The van der Waals surface area contributed by atoms with Crippen molar-refractivity contribution >= 4 is 29.1 Å². The molecule has 0 heterocycles. The van der Waals surface area contributed by atoms with E-state index in [4.69, 9.17) is 23.2 Å². The van der Waals surface area contributed by atoms with Crippen molar-refractivity contribution in [1.29, 1.82) is 0 Å². The van der Waals surface area contributed by atoms with Crippen molar-refractivity contribution in [3.8, 4) is 0 Å². The molecule has 1 amide bonds. The number of halogens is 2. The molecule has 1 aromatic rings. The molecule has 2 N–H and O–H groups in total. The van der Waals surface area contributed by atoms with Crippen LogP contribution in [0, 0.1) is 5.92 Å².